The van der Waals surface area contributed by atoms with Crippen LogP contribution in [-0.2, 0) is 4.79 Å². The lowest BCUT2D eigenvalue weighted by Crippen LogP contribution is -2.36. The molecule has 0 aliphatic heterocycles. The summed E-state index contributed by atoms with van der Waals surface area (Å²) in [6, 6.07) is 4.93. The lowest BCUT2D eigenvalue weighted by atomic mass is 10.0. The first-order valence-corrected chi connectivity index (χ1v) is 7.33. The summed E-state index contributed by atoms with van der Waals surface area (Å²) in [5.41, 5.74) is 8.04. The third-order valence-electron chi connectivity index (χ3n) is 3.23. The van der Waals surface area contributed by atoms with Crippen LogP contribution in [0.4, 0.5) is 5.69 Å². The second kappa shape index (κ2) is 6.26. The average molecular weight is 289 g/mol. The molecule has 0 fully saturated rings. The van der Waals surface area contributed by atoms with Crippen LogP contribution >= 0.6 is 0 Å². The van der Waals surface area contributed by atoms with E-state index in [2.05, 4.69) is 10.3 Å². The van der Waals surface area contributed by atoms with Gasteiger partial charge in [-0.25, -0.2) is 4.98 Å². The molecule has 0 saturated carbocycles. The van der Waals surface area contributed by atoms with E-state index >= 15 is 0 Å². The van der Waals surface area contributed by atoms with Gasteiger partial charge in [0, 0.05) is 11.6 Å². The highest BCUT2D eigenvalue weighted by Gasteiger charge is 2.16. The van der Waals surface area contributed by atoms with Gasteiger partial charge in [-0.1, -0.05) is 27.7 Å². The molecule has 0 saturated heterocycles. The molecule has 0 bridgehead atoms. The molecule has 5 heteroatoms. The fourth-order valence-electron chi connectivity index (χ4n) is 2.12. The predicted molar refractivity (Wildman–Crippen MR) is 84.2 cm³/mol. The van der Waals surface area contributed by atoms with E-state index in [-0.39, 0.29) is 11.8 Å². The van der Waals surface area contributed by atoms with E-state index in [1.54, 1.807) is 6.07 Å². The van der Waals surface area contributed by atoms with Gasteiger partial charge in [-0.2, -0.15) is 0 Å². The SMILES string of the molecule is CC(C)C[C@H](N)C(=O)Nc1ccc2oc(C(C)C)nc2c1. The highest BCUT2D eigenvalue weighted by atomic mass is 16.3. The van der Waals surface area contributed by atoms with Gasteiger partial charge in [-0.05, 0) is 30.5 Å². The first-order valence-electron chi connectivity index (χ1n) is 7.33. The van der Waals surface area contributed by atoms with Crippen molar-refractivity contribution in [1.29, 1.82) is 0 Å². The minimum absolute atomic E-state index is 0.171. The minimum Gasteiger partial charge on any atom is -0.440 e. The fourth-order valence-corrected chi connectivity index (χ4v) is 2.12. The molecule has 1 aromatic carbocycles. The van der Waals surface area contributed by atoms with Gasteiger partial charge in [0.2, 0.25) is 5.91 Å². The molecule has 2 rings (SSSR count). The third-order valence-corrected chi connectivity index (χ3v) is 3.23. The number of hydrogen-bond acceptors (Lipinski definition) is 4. The van der Waals surface area contributed by atoms with Gasteiger partial charge in [0.05, 0.1) is 6.04 Å². The summed E-state index contributed by atoms with van der Waals surface area (Å²) in [7, 11) is 0. The molecule has 2 aromatic rings. The van der Waals surface area contributed by atoms with Crippen LogP contribution in [0.15, 0.2) is 22.6 Å². The number of anilines is 1. The zero-order valence-corrected chi connectivity index (χ0v) is 13.0. The number of carbonyl (C=O) groups excluding carboxylic acids is 1. The van der Waals surface area contributed by atoms with Gasteiger partial charge in [0.15, 0.2) is 11.5 Å². The van der Waals surface area contributed by atoms with Crippen molar-refractivity contribution in [2.24, 2.45) is 11.7 Å². The normalized spacial score (nSPS) is 13.1. The van der Waals surface area contributed by atoms with Gasteiger partial charge in [0.25, 0.3) is 0 Å². The van der Waals surface area contributed by atoms with Crippen LogP contribution in [0, 0.1) is 5.92 Å². The first kappa shape index (κ1) is 15.5. The number of nitrogens with two attached hydrogens (primary N) is 1. The Hall–Kier alpha value is -1.88. The lowest BCUT2D eigenvalue weighted by Gasteiger charge is -2.14. The maximum absolute atomic E-state index is 12.0. The maximum Gasteiger partial charge on any atom is 0.241 e. The van der Waals surface area contributed by atoms with Crippen LogP contribution in [0.25, 0.3) is 11.1 Å². The van der Waals surface area contributed by atoms with E-state index in [1.807, 2.05) is 39.8 Å². The van der Waals surface area contributed by atoms with Crippen molar-refractivity contribution in [2.75, 3.05) is 5.32 Å². The summed E-state index contributed by atoms with van der Waals surface area (Å²) in [6.45, 7) is 8.14. The number of nitrogens with one attached hydrogen (secondary N) is 1. The van der Waals surface area contributed by atoms with Crippen molar-refractivity contribution in [2.45, 2.75) is 46.1 Å². The van der Waals surface area contributed by atoms with Crippen molar-refractivity contribution in [3.63, 3.8) is 0 Å². The summed E-state index contributed by atoms with van der Waals surface area (Å²) < 4.78 is 5.64. The van der Waals surface area contributed by atoms with Crippen molar-refractivity contribution >= 4 is 22.7 Å². The van der Waals surface area contributed by atoms with Crippen molar-refractivity contribution in [3.05, 3.63) is 24.1 Å². The summed E-state index contributed by atoms with van der Waals surface area (Å²) in [5.74, 6) is 1.15. The Balaban J connectivity index is 2.13. The van der Waals surface area contributed by atoms with E-state index in [4.69, 9.17) is 10.2 Å². The minimum atomic E-state index is -0.496. The molecule has 114 valence electrons. The summed E-state index contributed by atoms with van der Waals surface area (Å²) in [6.07, 6.45) is 0.662. The highest BCUT2D eigenvalue weighted by Crippen LogP contribution is 2.23. The molecule has 5 nitrogen and oxygen atoms in total. The first-order chi connectivity index (χ1) is 9.86. The Morgan fingerprint density at radius 3 is 2.67 bits per heavy atom. The zero-order chi connectivity index (χ0) is 15.6. The molecule has 1 aromatic heterocycles. The van der Waals surface area contributed by atoms with Crippen LogP contribution < -0.4 is 11.1 Å². The average Bonchev–Trinajstić information content (AvgIpc) is 2.81. The maximum atomic E-state index is 12.0. The Morgan fingerprint density at radius 1 is 1.33 bits per heavy atom. The van der Waals surface area contributed by atoms with Crippen LogP contribution in [0.3, 0.4) is 0 Å². The molecular weight excluding hydrogens is 266 g/mol. The fraction of sp³-hybridized carbons (Fsp3) is 0.500. The standard InChI is InChI=1S/C16H23N3O2/c1-9(2)7-12(17)15(20)18-11-5-6-14-13(8-11)19-16(21-14)10(3)4/h5-6,8-10,12H,7,17H2,1-4H3,(H,18,20)/t12-/m0/s1. The van der Waals surface area contributed by atoms with Gasteiger partial charge in [-0.3, -0.25) is 4.79 Å². The van der Waals surface area contributed by atoms with Gasteiger partial charge >= 0.3 is 0 Å². The number of nitrogens with zero attached hydrogens (tertiary/aromatic N) is 1. The molecule has 0 spiro atoms. The lowest BCUT2D eigenvalue weighted by molar-refractivity contribution is -0.117. The van der Waals surface area contributed by atoms with E-state index in [0.717, 1.165) is 11.1 Å². The van der Waals surface area contributed by atoms with E-state index in [9.17, 15) is 4.79 Å². The van der Waals surface area contributed by atoms with Crippen LogP contribution in [0.1, 0.15) is 45.9 Å². The molecular formula is C16H23N3O2. The number of hydrogen-bond donors (Lipinski definition) is 2. The Morgan fingerprint density at radius 2 is 2.05 bits per heavy atom. The number of fused-ring (bicyclic) bond motifs is 1. The number of benzene rings is 1. The largest absolute Gasteiger partial charge is 0.440 e. The van der Waals surface area contributed by atoms with Gasteiger partial charge in [0.1, 0.15) is 5.52 Å². The number of oxazole rings is 1. The molecule has 1 heterocycles. The highest BCUT2D eigenvalue weighted by molar-refractivity contribution is 5.96. The Kier molecular flexibility index (Phi) is 4.63. The van der Waals surface area contributed by atoms with E-state index in [0.29, 0.717) is 23.9 Å². The third kappa shape index (κ3) is 3.82. The molecule has 0 radical (unpaired) electrons. The molecule has 0 aliphatic carbocycles. The molecule has 0 unspecified atom stereocenters. The number of carbonyl (C=O) groups is 1. The zero-order valence-electron chi connectivity index (χ0n) is 13.0. The van der Waals surface area contributed by atoms with Crippen LogP contribution in [0.5, 0.6) is 0 Å². The number of rotatable bonds is 5. The second-order valence-corrected chi connectivity index (χ2v) is 6.11. The molecule has 3 N–H and O–H groups in total. The number of amides is 1. The molecule has 1 atom stereocenters. The Labute approximate surface area is 124 Å². The molecule has 1 amide bonds. The summed E-state index contributed by atoms with van der Waals surface area (Å²) in [5, 5.41) is 2.83. The topological polar surface area (TPSA) is 81.2 Å². The van der Waals surface area contributed by atoms with Crippen molar-refractivity contribution in [1.82, 2.24) is 4.98 Å². The molecule has 0 aliphatic rings. The van der Waals surface area contributed by atoms with Crippen molar-refractivity contribution in [3.8, 4) is 0 Å². The smallest absolute Gasteiger partial charge is 0.241 e. The van der Waals surface area contributed by atoms with E-state index < -0.39 is 6.04 Å². The van der Waals surface area contributed by atoms with Crippen molar-refractivity contribution < 1.29 is 9.21 Å². The quantitative estimate of drug-likeness (QED) is 0.885. The van der Waals surface area contributed by atoms with Gasteiger partial charge < -0.3 is 15.5 Å². The van der Waals surface area contributed by atoms with Gasteiger partial charge in [-0.15, -0.1) is 0 Å². The summed E-state index contributed by atoms with van der Waals surface area (Å²) in [4.78, 5) is 16.4. The second-order valence-electron chi connectivity index (χ2n) is 6.11. The monoisotopic (exact) mass is 289 g/mol. The predicted octanol–water partition coefficient (Wildman–Crippen LogP) is 3.26. The molecule has 21 heavy (non-hydrogen) atoms. The summed E-state index contributed by atoms with van der Waals surface area (Å²) >= 11 is 0. The van der Waals surface area contributed by atoms with Crippen LogP contribution in [0.2, 0.25) is 0 Å². The van der Waals surface area contributed by atoms with Crippen LogP contribution in [-0.4, -0.2) is 16.9 Å². The van der Waals surface area contributed by atoms with E-state index in [1.165, 1.54) is 0 Å². The number of aromatic nitrogens is 1. The Bertz CT molecular complexity index is 631.